The van der Waals surface area contributed by atoms with Crippen LogP contribution in [0.5, 0.6) is 0 Å². The minimum atomic E-state index is -0.927. The van der Waals surface area contributed by atoms with Gasteiger partial charge in [-0.1, -0.05) is 12.7 Å². The van der Waals surface area contributed by atoms with Crippen molar-refractivity contribution in [1.29, 1.82) is 0 Å². The van der Waals surface area contributed by atoms with Gasteiger partial charge in [-0.3, -0.25) is 0 Å². The first-order chi connectivity index (χ1) is 7.86. The van der Waals surface area contributed by atoms with Crippen LogP contribution >= 0.6 is 0 Å². The molecule has 0 radical (unpaired) electrons. The molecule has 0 bridgehead atoms. The van der Waals surface area contributed by atoms with E-state index in [1.165, 1.54) is 13.0 Å². The van der Waals surface area contributed by atoms with E-state index in [2.05, 4.69) is 11.3 Å². The summed E-state index contributed by atoms with van der Waals surface area (Å²) in [5, 5.41) is 16.5. The second-order valence-electron chi connectivity index (χ2n) is 3.21. The number of carboxylic acid groups (broad SMARTS) is 1. The largest absolute Gasteiger partial charge is 0.478 e. The van der Waals surface area contributed by atoms with Crippen LogP contribution in [0, 0.1) is 0 Å². The standard InChI is InChI=1S/C6H10O3.C6H10O2/c1-5(6(8)9)3-2-4-7;1-4-8-6(7)5(2)3/h3,7H,2,4H2,1H3,(H,8,9);2,4H2,1,3H3. The van der Waals surface area contributed by atoms with Crippen molar-refractivity contribution >= 4 is 11.9 Å². The molecule has 0 aromatic heterocycles. The van der Waals surface area contributed by atoms with E-state index in [9.17, 15) is 9.59 Å². The highest BCUT2D eigenvalue weighted by Crippen LogP contribution is 1.93. The first-order valence-electron chi connectivity index (χ1n) is 5.20. The van der Waals surface area contributed by atoms with Gasteiger partial charge in [0.2, 0.25) is 0 Å². The lowest BCUT2D eigenvalue weighted by Crippen LogP contribution is -2.03. The average molecular weight is 244 g/mol. The van der Waals surface area contributed by atoms with Crippen molar-refractivity contribution < 1.29 is 24.5 Å². The van der Waals surface area contributed by atoms with Gasteiger partial charge < -0.3 is 14.9 Å². The van der Waals surface area contributed by atoms with Crippen molar-refractivity contribution in [2.75, 3.05) is 13.2 Å². The highest BCUT2D eigenvalue weighted by Gasteiger charge is 1.98. The molecule has 5 heteroatoms. The number of carbonyl (C=O) groups is 2. The molecule has 0 aliphatic heterocycles. The summed E-state index contributed by atoms with van der Waals surface area (Å²) in [4.78, 5) is 20.5. The Hall–Kier alpha value is -1.62. The predicted molar refractivity (Wildman–Crippen MR) is 64.5 cm³/mol. The van der Waals surface area contributed by atoms with Crippen LogP contribution in [-0.2, 0) is 14.3 Å². The van der Waals surface area contributed by atoms with E-state index in [0.717, 1.165) is 0 Å². The van der Waals surface area contributed by atoms with Gasteiger partial charge in [-0.15, -0.1) is 0 Å². The van der Waals surface area contributed by atoms with E-state index in [1.54, 1.807) is 13.8 Å². The Balaban J connectivity index is 0. The molecule has 0 aliphatic carbocycles. The molecule has 0 heterocycles. The Labute approximate surface area is 101 Å². The summed E-state index contributed by atoms with van der Waals surface area (Å²) in [6, 6.07) is 0. The number of carboxylic acids is 1. The Bertz CT molecular complexity index is 291. The van der Waals surface area contributed by atoms with Crippen molar-refractivity contribution in [2.45, 2.75) is 27.2 Å². The van der Waals surface area contributed by atoms with Crippen LogP contribution in [0.25, 0.3) is 0 Å². The lowest BCUT2D eigenvalue weighted by atomic mass is 10.2. The second kappa shape index (κ2) is 10.9. The number of carbonyl (C=O) groups excluding carboxylic acids is 1. The summed E-state index contributed by atoms with van der Waals surface area (Å²) in [6.45, 7) is 8.71. The molecule has 0 aliphatic rings. The molecule has 0 aromatic carbocycles. The molecule has 0 saturated heterocycles. The first kappa shape index (κ1) is 17.8. The molecular weight excluding hydrogens is 224 g/mol. The zero-order valence-electron chi connectivity index (χ0n) is 10.5. The van der Waals surface area contributed by atoms with Gasteiger partial charge in [0.25, 0.3) is 0 Å². The molecule has 0 fully saturated rings. The number of aliphatic hydroxyl groups excluding tert-OH is 1. The fraction of sp³-hybridized carbons (Fsp3) is 0.500. The lowest BCUT2D eigenvalue weighted by molar-refractivity contribution is -0.138. The molecule has 0 unspecified atom stereocenters. The fourth-order valence-corrected chi connectivity index (χ4v) is 0.623. The van der Waals surface area contributed by atoms with E-state index in [1.807, 2.05) is 0 Å². The SMILES string of the molecule is C=C(C)C(=O)OCC.CC(=CCCO)C(=O)O. The third kappa shape index (κ3) is 12.3. The summed E-state index contributed by atoms with van der Waals surface area (Å²) in [6.07, 6.45) is 1.90. The topological polar surface area (TPSA) is 83.8 Å². The van der Waals surface area contributed by atoms with Crippen LogP contribution < -0.4 is 0 Å². The number of hydrogen-bond acceptors (Lipinski definition) is 4. The van der Waals surface area contributed by atoms with Crippen LogP contribution in [0.2, 0.25) is 0 Å². The van der Waals surface area contributed by atoms with Crippen molar-refractivity contribution in [3.63, 3.8) is 0 Å². The van der Waals surface area contributed by atoms with Crippen molar-refractivity contribution in [1.82, 2.24) is 0 Å². The number of esters is 1. The zero-order chi connectivity index (χ0) is 13.8. The quantitative estimate of drug-likeness (QED) is 0.566. The summed E-state index contributed by atoms with van der Waals surface area (Å²) in [7, 11) is 0. The second-order valence-corrected chi connectivity index (χ2v) is 3.21. The van der Waals surface area contributed by atoms with Gasteiger partial charge in [0.05, 0.1) is 6.61 Å². The number of rotatable bonds is 5. The maximum Gasteiger partial charge on any atom is 0.333 e. The van der Waals surface area contributed by atoms with Gasteiger partial charge in [-0.2, -0.15) is 0 Å². The number of aliphatic hydroxyl groups is 1. The van der Waals surface area contributed by atoms with Crippen LogP contribution in [0.4, 0.5) is 0 Å². The van der Waals surface area contributed by atoms with Crippen LogP contribution in [0.1, 0.15) is 27.2 Å². The highest BCUT2D eigenvalue weighted by molar-refractivity contribution is 5.86. The van der Waals surface area contributed by atoms with Crippen molar-refractivity contribution in [3.05, 3.63) is 23.8 Å². The van der Waals surface area contributed by atoms with Crippen molar-refractivity contribution in [3.8, 4) is 0 Å². The minimum absolute atomic E-state index is 0.00458. The minimum Gasteiger partial charge on any atom is -0.478 e. The number of aliphatic carboxylic acids is 1. The smallest absolute Gasteiger partial charge is 0.333 e. The van der Waals surface area contributed by atoms with E-state index < -0.39 is 5.97 Å². The fourth-order valence-electron chi connectivity index (χ4n) is 0.623. The van der Waals surface area contributed by atoms with Gasteiger partial charge in [-0.05, 0) is 27.2 Å². The molecule has 0 aromatic rings. The Kier molecular flexibility index (Phi) is 11.4. The van der Waals surface area contributed by atoms with Crippen LogP contribution in [0.15, 0.2) is 23.8 Å². The van der Waals surface area contributed by atoms with E-state index >= 15 is 0 Å². The molecule has 17 heavy (non-hydrogen) atoms. The Morgan fingerprint density at radius 2 is 1.88 bits per heavy atom. The lowest BCUT2D eigenvalue weighted by Gasteiger charge is -1.96. The Morgan fingerprint density at radius 1 is 1.35 bits per heavy atom. The molecular formula is C12H20O5. The van der Waals surface area contributed by atoms with E-state index in [-0.39, 0.29) is 18.1 Å². The molecule has 0 amide bonds. The number of hydrogen-bond donors (Lipinski definition) is 2. The molecule has 2 N–H and O–H groups in total. The summed E-state index contributed by atoms with van der Waals surface area (Å²) in [5.74, 6) is -1.24. The molecule has 0 atom stereocenters. The number of ether oxygens (including phenoxy) is 1. The van der Waals surface area contributed by atoms with Crippen LogP contribution in [-0.4, -0.2) is 35.4 Å². The molecule has 0 rings (SSSR count). The summed E-state index contributed by atoms with van der Waals surface area (Å²) in [5.41, 5.74) is 0.732. The van der Waals surface area contributed by atoms with Gasteiger partial charge in [0, 0.05) is 17.8 Å². The summed E-state index contributed by atoms with van der Waals surface area (Å²) >= 11 is 0. The average Bonchev–Trinajstić information content (AvgIpc) is 2.26. The maximum atomic E-state index is 10.4. The molecule has 0 spiro atoms. The predicted octanol–water partition coefficient (Wildman–Crippen LogP) is 1.53. The monoisotopic (exact) mass is 244 g/mol. The van der Waals surface area contributed by atoms with Crippen molar-refractivity contribution in [2.24, 2.45) is 0 Å². The molecule has 5 nitrogen and oxygen atoms in total. The molecule has 0 saturated carbocycles. The molecule has 98 valence electrons. The zero-order valence-corrected chi connectivity index (χ0v) is 10.5. The van der Waals surface area contributed by atoms with Crippen LogP contribution in [0.3, 0.4) is 0 Å². The van der Waals surface area contributed by atoms with Gasteiger partial charge >= 0.3 is 11.9 Å². The van der Waals surface area contributed by atoms with E-state index in [4.69, 9.17) is 10.2 Å². The van der Waals surface area contributed by atoms with Gasteiger partial charge in [0.1, 0.15) is 0 Å². The van der Waals surface area contributed by atoms with Gasteiger partial charge in [0.15, 0.2) is 0 Å². The third-order valence-electron chi connectivity index (χ3n) is 1.54. The Morgan fingerprint density at radius 3 is 2.12 bits per heavy atom. The maximum absolute atomic E-state index is 10.4. The van der Waals surface area contributed by atoms with E-state index in [0.29, 0.717) is 18.6 Å². The van der Waals surface area contributed by atoms with Gasteiger partial charge in [-0.25, -0.2) is 9.59 Å². The first-order valence-corrected chi connectivity index (χ1v) is 5.20. The normalized spacial score (nSPS) is 10.0. The third-order valence-corrected chi connectivity index (χ3v) is 1.54. The highest BCUT2D eigenvalue weighted by atomic mass is 16.5. The summed E-state index contributed by atoms with van der Waals surface area (Å²) < 4.78 is 4.56.